The van der Waals surface area contributed by atoms with Crippen LogP contribution in [0, 0.1) is 5.92 Å². The second-order valence-corrected chi connectivity index (χ2v) is 5.60. The van der Waals surface area contributed by atoms with Crippen LogP contribution in [-0.4, -0.2) is 18.4 Å². The Labute approximate surface area is 123 Å². The minimum Gasteiger partial charge on any atom is -0.348 e. The first-order valence-electron chi connectivity index (χ1n) is 7.00. The van der Waals surface area contributed by atoms with Crippen molar-refractivity contribution in [1.29, 1.82) is 0 Å². The van der Waals surface area contributed by atoms with Gasteiger partial charge in [0, 0.05) is 17.3 Å². The number of carbonyl (C=O) groups is 2. The van der Waals surface area contributed by atoms with Gasteiger partial charge in [0.1, 0.15) is 0 Å². The molecule has 1 fully saturated rings. The van der Waals surface area contributed by atoms with Gasteiger partial charge in [0.2, 0.25) is 0 Å². The molecule has 2 N–H and O–H groups in total. The molecule has 1 aliphatic carbocycles. The molecule has 0 heterocycles. The lowest BCUT2D eigenvalue weighted by atomic mass is 10.0. The van der Waals surface area contributed by atoms with Crippen molar-refractivity contribution >= 4 is 29.1 Å². The van der Waals surface area contributed by atoms with Crippen LogP contribution >= 0.6 is 11.6 Å². The van der Waals surface area contributed by atoms with E-state index in [0.717, 1.165) is 6.42 Å². The zero-order valence-electron chi connectivity index (χ0n) is 11.3. The highest BCUT2D eigenvalue weighted by molar-refractivity contribution is 6.39. The van der Waals surface area contributed by atoms with E-state index in [0.29, 0.717) is 23.2 Å². The van der Waals surface area contributed by atoms with Gasteiger partial charge < -0.3 is 10.6 Å². The van der Waals surface area contributed by atoms with Gasteiger partial charge in [-0.1, -0.05) is 43.4 Å². The molecule has 0 saturated heterocycles. The van der Waals surface area contributed by atoms with Crippen LogP contribution in [0.2, 0.25) is 5.02 Å². The first-order valence-corrected chi connectivity index (χ1v) is 7.37. The number of halogens is 1. The molecular formula is C15H19ClN2O2. The summed E-state index contributed by atoms with van der Waals surface area (Å²) >= 11 is 5.81. The summed E-state index contributed by atoms with van der Waals surface area (Å²) in [7, 11) is 0. The lowest BCUT2D eigenvalue weighted by molar-refractivity contribution is -0.136. The minimum atomic E-state index is -0.654. The number of hydrogen-bond acceptors (Lipinski definition) is 2. The molecule has 1 saturated carbocycles. The maximum Gasteiger partial charge on any atom is 0.313 e. The summed E-state index contributed by atoms with van der Waals surface area (Å²) in [5.74, 6) is -0.548. The Kier molecular flexibility index (Phi) is 5.41. The first-order chi connectivity index (χ1) is 9.65. The molecule has 108 valence electrons. The third-order valence-corrected chi connectivity index (χ3v) is 3.84. The molecule has 0 atom stereocenters. The van der Waals surface area contributed by atoms with Crippen molar-refractivity contribution < 1.29 is 9.59 Å². The summed E-state index contributed by atoms with van der Waals surface area (Å²) in [4.78, 5) is 23.3. The Hall–Kier alpha value is -1.55. The van der Waals surface area contributed by atoms with E-state index in [1.807, 2.05) is 0 Å². The first kappa shape index (κ1) is 14.9. The van der Waals surface area contributed by atoms with Gasteiger partial charge >= 0.3 is 11.8 Å². The third kappa shape index (κ3) is 4.53. The highest BCUT2D eigenvalue weighted by atomic mass is 35.5. The molecule has 0 aromatic heterocycles. The van der Waals surface area contributed by atoms with Crippen molar-refractivity contribution in [3.8, 4) is 0 Å². The number of nitrogens with one attached hydrogen (secondary N) is 2. The smallest absolute Gasteiger partial charge is 0.313 e. The Balaban J connectivity index is 1.72. The van der Waals surface area contributed by atoms with Crippen LogP contribution in [0.4, 0.5) is 5.69 Å². The van der Waals surface area contributed by atoms with E-state index in [-0.39, 0.29) is 0 Å². The van der Waals surface area contributed by atoms with Crippen LogP contribution in [-0.2, 0) is 9.59 Å². The van der Waals surface area contributed by atoms with Crippen LogP contribution in [0.15, 0.2) is 24.3 Å². The van der Waals surface area contributed by atoms with Crippen molar-refractivity contribution in [3.63, 3.8) is 0 Å². The Morgan fingerprint density at radius 1 is 1.20 bits per heavy atom. The Bertz CT molecular complexity index is 485. The van der Waals surface area contributed by atoms with E-state index in [1.54, 1.807) is 24.3 Å². The summed E-state index contributed by atoms with van der Waals surface area (Å²) in [6, 6.07) is 6.72. The molecule has 5 heteroatoms. The lowest BCUT2D eigenvalue weighted by Crippen LogP contribution is -2.36. The lowest BCUT2D eigenvalue weighted by Gasteiger charge is -2.10. The van der Waals surface area contributed by atoms with Crippen molar-refractivity contribution in [2.75, 3.05) is 11.9 Å². The summed E-state index contributed by atoms with van der Waals surface area (Å²) in [6.07, 6.45) is 6.01. The van der Waals surface area contributed by atoms with Crippen LogP contribution < -0.4 is 10.6 Å². The molecule has 0 bridgehead atoms. The second-order valence-electron chi connectivity index (χ2n) is 5.16. The molecule has 0 aliphatic heterocycles. The van der Waals surface area contributed by atoms with E-state index in [2.05, 4.69) is 10.6 Å². The quantitative estimate of drug-likeness (QED) is 0.839. The maximum absolute atomic E-state index is 11.7. The van der Waals surface area contributed by atoms with Gasteiger partial charge in [-0.15, -0.1) is 0 Å². The minimum absolute atomic E-state index is 0.518. The van der Waals surface area contributed by atoms with Crippen molar-refractivity contribution in [3.05, 3.63) is 29.3 Å². The Morgan fingerprint density at radius 3 is 2.65 bits per heavy atom. The molecule has 2 rings (SSSR count). The fourth-order valence-corrected chi connectivity index (χ4v) is 2.71. The highest BCUT2D eigenvalue weighted by Crippen LogP contribution is 2.26. The van der Waals surface area contributed by atoms with Crippen LogP contribution in [0.1, 0.15) is 32.1 Å². The van der Waals surface area contributed by atoms with Gasteiger partial charge in [0.15, 0.2) is 0 Å². The normalized spacial score (nSPS) is 15.1. The maximum atomic E-state index is 11.7. The van der Waals surface area contributed by atoms with E-state index in [1.165, 1.54) is 25.7 Å². The average molecular weight is 295 g/mol. The predicted octanol–water partition coefficient (Wildman–Crippen LogP) is 2.98. The van der Waals surface area contributed by atoms with E-state index in [9.17, 15) is 9.59 Å². The summed E-state index contributed by atoms with van der Waals surface area (Å²) in [5, 5.41) is 5.70. The molecule has 2 amide bonds. The van der Waals surface area contributed by atoms with E-state index < -0.39 is 11.8 Å². The van der Waals surface area contributed by atoms with Crippen molar-refractivity contribution in [2.45, 2.75) is 32.1 Å². The zero-order valence-corrected chi connectivity index (χ0v) is 12.1. The molecular weight excluding hydrogens is 276 g/mol. The fourth-order valence-electron chi connectivity index (χ4n) is 2.52. The van der Waals surface area contributed by atoms with Gasteiger partial charge in [0.25, 0.3) is 0 Å². The van der Waals surface area contributed by atoms with Crippen molar-refractivity contribution in [1.82, 2.24) is 5.32 Å². The van der Waals surface area contributed by atoms with Crippen LogP contribution in [0.3, 0.4) is 0 Å². The molecule has 0 radical (unpaired) electrons. The molecule has 4 nitrogen and oxygen atoms in total. The predicted molar refractivity (Wildman–Crippen MR) is 79.7 cm³/mol. The Morgan fingerprint density at radius 2 is 1.95 bits per heavy atom. The number of carbonyl (C=O) groups excluding carboxylic acids is 2. The molecule has 0 spiro atoms. The van der Waals surface area contributed by atoms with Crippen LogP contribution in [0.5, 0.6) is 0 Å². The highest BCUT2D eigenvalue weighted by Gasteiger charge is 2.17. The summed E-state index contributed by atoms with van der Waals surface area (Å²) in [6.45, 7) is 0.562. The SMILES string of the molecule is O=C(NCCC1CCCC1)C(=O)Nc1cccc(Cl)c1. The molecule has 20 heavy (non-hydrogen) atoms. The summed E-state index contributed by atoms with van der Waals surface area (Å²) < 4.78 is 0. The molecule has 0 unspecified atom stereocenters. The average Bonchev–Trinajstić information content (AvgIpc) is 2.91. The number of benzene rings is 1. The largest absolute Gasteiger partial charge is 0.348 e. The van der Waals surface area contributed by atoms with Gasteiger partial charge in [-0.3, -0.25) is 9.59 Å². The summed E-state index contributed by atoms with van der Waals surface area (Å²) in [5.41, 5.74) is 0.522. The molecule has 1 aromatic rings. The zero-order chi connectivity index (χ0) is 14.4. The fraction of sp³-hybridized carbons (Fsp3) is 0.467. The standard InChI is InChI=1S/C15H19ClN2O2/c16-12-6-3-7-13(10-12)18-15(20)14(19)17-9-8-11-4-1-2-5-11/h3,6-7,10-11H,1-2,4-5,8-9H2,(H,17,19)(H,18,20). The number of anilines is 1. The van der Waals surface area contributed by atoms with Gasteiger partial charge in [-0.25, -0.2) is 0 Å². The monoisotopic (exact) mass is 294 g/mol. The van der Waals surface area contributed by atoms with Gasteiger partial charge in [-0.05, 0) is 30.5 Å². The van der Waals surface area contributed by atoms with Gasteiger partial charge in [0.05, 0.1) is 0 Å². The third-order valence-electron chi connectivity index (χ3n) is 3.60. The van der Waals surface area contributed by atoms with Crippen molar-refractivity contribution in [2.24, 2.45) is 5.92 Å². The second kappa shape index (κ2) is 7.29. The number of amides is 2. The number of rotatable bonds is 4. The topological polar surface area (TPSA) is 58.2 Å². The van der Waals surface area contributed by atoms with E-state index in [4.69, 9.17) is 11.6 Å². The molecule has 1 aliphatic rings. The molecule has 1 aromatic carbocycles. The number of hydrogen-bond donors (Lipinski definition) is 2. The van der Waals surface area contributed by atoms with E-state index >= 15 is 0 Å². The van der Waals surface area contributed by atoms with Gasteiger partial charge in [-0.2, -0.15) is 0 Å². The van der Waals surface area contributed by atoms with Crippen LogP contribution in [0.25, 0.3) is 0 Å².